The summed E-state index contributed by atoms with van der Waals surface area (Å²) in [6.45, 7) is 2.06. The number of halogens is 1. The second kappa shape index (κ2) is 5.19. The quantitative estimate of drug-likeness (QED) is 0.862. The molecule has 0 bridgehead atoms. The molecule has 1 aromatic rings. The van der Waals surface area contributed by atoms with Crippen molar-refractivity contribution in [1.29, 1.82) is 0 Å². The molecule has 1 aliphatic carbocycles. The molecule has 0 radical (unpaired) electrons. The van der Waals surface area contributed by atoms with Crippen molar-refractivity contribution in [3.05, 3.63) is 28.8 Å². The zero-order chi connectivity index (χ0) is 13.2. The lowest BCUT2D eigenvalue weighted by atomic mass is 9.83. The van der Waals surface area contributed by atoms with Gasteiger partial charge in [0, 0.05) is 10.6 Å². The van der Waals surface area contributed by atoms with E-state index in [0.717, 1.165) is 25.7 Å². The number of rotatable bonds is 2. The van der Waals surface area contributed by atoms with Crippen LogP contribution in [0.15, 0.2) is 18.2 Å². The van der Waals surface area contributed by atoms with Crippen LogP contribution in [0.3, 0.4) is 0 Å². The van der Waals surface area contributed by atoms with E-state index < -0.39 is 0 Å². The molecule has 18 heavy (non-hydrogen) atoms. The summed E-state index contributed by atoms with van der Waals surface area (Å²) in [6.07, 6.45) is 5.48. The Kier molecular flexibility index (Phi) is 3.81. The van der Waals surface area contributed by atoms with Gasteiger partial charge in [-0.25, -0.2) is 0 Å². The first kappa shape index (κ1) is 13.2. The number of hydrogen-bond donors (Lipinski definition) is 2. The molecule has 1 aromatic carbocycles. The molecule has 0 aliphatic heterocycles. The summed E-state index contributed by atoms with van der Waals surface area (Å²) in [4.78, 5) is 12.2. The molecule has 0 atom stereocenters. The van der Waals surface area contributed by atoms with Crippen molar-refractivity contribution >= 4 is 17.5 Å². The number of amides is 1. The zero-order valence-electron chi connectivity index (χ0n) is 10.5. The molecular weight excluding hydrogens is 250 g/mol. The first-order valence-corrected chi connectivity index (χ1v) is 6.69. The second-order valence-corrected chi connectivity index (χ2v) is 5.67. The molecule has 0 heterocycles. The van der Waals surface area contributed by atoms with Gasteiger partial charge < -0.3 is 10.4 Å². The lowest BCUT2D eigenvalue weighted by molar-refractivity contribution is 0.0880. The zero-order valence-corrected chi connectivity index (χ0v) is 11.3. The highest BCUT2D eigenvalue weighted by Gasteiger charge is 2.29. The van der Waals surface area contributed by atoms with Gasteiger partial charge in [0.1, 0.15) is 5.75 Å². The Hall–Kier alpha value is -1.22. The summed E-state index contributed by atoms with van der Waals surface area (Å²) in [5, 5.41) is 13.2. The Labute approximate surface area is 112 Å². The number of aromatic hydroxyl groups is 1. The highest BCUT2D eigenvalue weighted by Crippen LogP contribution is 2.29. The van der Waals surface area contributed by atoms with Crippen molar-refractivity contribution in [3.63, 3.8) is 0 Å². The fraction of sp³-hybridized carbons (Fsp3) is 0.500. The Morgan fingerprint density at radius 1 is 1.33 bits per heavy atom. The van der Waals surface area contributed by atoms with Gasteiger partial charge in [-0.05, 0) is 38.0 Å². The van der Waals surface area contributed by atoms with E-state index in [2.05, 4.69) is 12.2 Å². The number of carbonyl (C=O) groups excluding carboxylic acids is 1. The number of phenolic OH excluding ortho intramolecular Hbond substituents is 1. The molecule has 0 unspecified atom stereocenters. The van der Waals surface area contributed by atoms with Gasteiger partial charge in [-0.3, -0.25) is 4.79 Å². The van der Waals surface area contributed by atoms with E-state index in [0.29, 0.717) is 5.02 Å². The monoisotopic (exact) mass is 267 g/mol. The molecule has 2 N–H and O–H groups in total. The fourth-order valence-corrected chi connectivity index (χ4v) is 2.66. The van der Waals surface area contributed by atoms with Crippen LogP contribution < -0.4 is 5.32 Å². The number of benzene rings is 1. The van der Waals surface area contributed by atoms with Crippen molar-refractivity contribution < 1.29 is 9.90 Å². The van der Waals surface area contributed by atoms with Gasteiger partial charge >= 0.3 is 0 Å². The molecule has 4 heteroatoms. The first-order chi connectivity index (χ1) is 8.50. The predicted octanol–water partition coefficient (Wildman–Crippen LogP) is 3.50. The fourth-order valence-electron chi connectivity index (χ4n) is 2.49. The molecule has 3 nitrogen and oxygen atoms in total. The minimum atomic E-state index is -0.251. The minimum absolute atomic E-state index is 0.0312. The molecule has 1 aliphatic rings. The standard InChI is InChI=1S/C14H18ClNO2/c1-14(7-3-2-4-8-14)16-13(18)11-9-10(15)5-6-12(11)17/h5-6,9,17H,2-4,7-8H2,1H3,(H,16,18). The summed E-state index contributed by atoms with van der Waals surface area (Å²) >= 11 is 5.85. The van der Waals surface area contributed by atoms with Crippen LogP contribution in [0.5, 0.6) is 5.75 Å². The normalized spacial score (nSPS) is 18.3. The average Bonchev–Trinajstić information content (AvgIpc) is 2.32. The predicted molar refractivity (Wildman–Crippen MR) is 72.1 cm³/mol. The summed E-state index contributed by atoms with van der Waals surface area (Å²) < 4.78 is 0. The SMILES string of the molecule is CC1(NC(=O)c2cc(Cl)ccc2O)CCCCC1. The van der Waals surface area contributed by atoms with E-state index in [1.807, 2.05) is 0 Å². The number of carbonyl (C=O) groups is 1. The van der Waals surface area contributed by atoms with Gasteiger partial charge in [0.05, 0.1) is 5.56 Å². The second-order valence-electron chi connectivity index (χ2n) is 5.24. The highest BCUT2D eigenvalue weighted by molar-refractivity contribution is 6.31. The molecule has 1 saturated carbocycles. The maximum atomic E-state index is 12.2. The van der Waals surface area contributed by atoms with E-state index in [4.69, 9.17) is 11.6 Å². The van der Waals surface area contributed by atoms with Crippen molar-refractivity contribution in [2.75, 3.05) is 0 Å². The van der Waals surface area contributed by atoms with Crippen molar-refractivity contribution in [2.24, 2.45) is 0 Å². The maximum absolute atomic E-state index is 12.2. The number of phenols is 1. The lowest BCUT2D eigenvalue weighted by Gasteiger charge is -2.34. The van der Waals surface area contributed by atoms with Gasteiger partial charge in [-0.15, -0.1) is 0 Å². The summed E-state index contributed by atoms with van der Waals surface area (Å²) in [6, 6.07) is 4.51. The van der Waals surface area contributed by atoms with Crippen molar-refractivity contribution in [2.45, 2.75) is 44.6 Å². The van der Waals surface area contributed by atoms with Crippen LogP contribution >= 0.6 is 11.6 Å². The molecule has 1 amide bonds. The third kappa shape index (κ3) is 2.96. The van der Waals surface area contributed by atoms with Crippen LogP contribution in [0, 0.1) is 0 Å². The topological polar surface area (TPSA) is 49.3 Å². The Morgan fingerprint density at radius 2 is 2.00 bits per heavy atom. The number of nitrogens with one attached hydrogen (secondary N) is 1. The maximum Gasteiger partial charge on any atom is 0.255 e. The van der Waals surface area contributed by atoms with Crippen molar-refractivity contribution in [3.8, 4) is 5.75 Å². The Balaban J connectivity index is 2.14. The van der Waals surface area contributed by atoms with Crippen LogP contribution in [-0.2, 0) is 0 Å². The average molecular weight is 268 g/mol. The smallest absolute Gasteiger partial charge is 0.255 e. The van der Waals surface area contributed by atoms with Crippen LogP contribution in [-0.4, -0.2) is 16.6 Å². The Morgan fingerprint density at radius 3 is 2.67 bits per heavy atom. The minimum Gasteiger partial charge on any atom is -0.507 e. The molecule has 0 spiro atoms. The molecule has 98 valence electrons. The van der Waals surface area contributed by atoms with Gasteiger partial charge in [0.25, 0.3) is 5.91 Å². The van der Waals surface area contributed by atoms with Crippen molar-refractivity contribution in [1.82, 2.24) is 5.32 Å². The lowest BCUT2D eigenvalue weighted by Crippen LogP contribution is -2.47. The van der Waals surface area contributed by atoms with Gasteiger partial charge in [-0.2, -0.15) is 0 Å². The summed E-state index contributed by atoms with van der Waals surface area (Å²) in [5.41, 5.74) is 0.0821. The molecule has 0 saturated heterocycles. The van der Waals surface area contributed by atoms with Crippen LogP contribution in [0.1, 0.15) is 49.4 Å². The number of hydrogen-bond acceptors (Lipinski definition) is 2. The molecule has 2 rings (SSSR count). The molecule has 0 aromatic heterocycles. The van der Waals surface area contributed by atoms with E-state index in [-0.39, 0.29) is 22.8 Å². The Bertz CT molecular complexity index is 453. The molecule has 1 fully saturated rings. The first-order valence-electron chi connectivity index (χ1n) is 6.31. The van der Waals surface area contributed by atoms with Gasteiger partial charge in [0.2, 0.25) is 0 Å². The van der Waals surface area contributed by atoms with Crippen LogP contribution in [0.25, 0.3) is 0 Å². The third-order valence-corrected chi connectivity index (χ3v) is 3.81. The van der Waals surface area contributed by atoms with E-state index in [1.165, 1.54) is 18.6 Å². The highest BCUT2D eigenvalue weighted by atomic mass is 35.5. The third-order valence-electron chi connectivity index (χ3n) is 3.58. The van der Waals surface area contributed by atoms with E-state index in [1.54, 1.807) is 6.07 Å². The summed E-state index contributed by atoms with van der Waals surface area (Å²) in [7, 11) is 0. The largest absolute Gasteiger partial charge is 0.507 e. The summed E-state index contributed by atoms with van der Waals surface area (Å²) in [5.74, 6) is -0.282. The van der Waals surface area contributed by atoms with Gasteiger partial charge in [-0.1, -0.05) is 30.9 Å². The molecular formula is C14H18ClNO2. The van der Waals surface area contributed by atoms with Crippen LogP contribution in [0.4, 0.5) is 0 Å². The van der Waals surface area contributed by atoms with Gasteiger partial charge in [0.15, 0.2) is 0 Å². The van der Waals surface area contributed by atoms with E-state index in [9.17, 15) is 9.90 Å². The van der Waals surface area contributed by atoms with E-state index >= 15 is 0 Å². The van der Waals surface area contributed by atoms with Crippen LogP contribution in [0.2, 0.25) is 5.02 Å².